The van der Waals surface area contributed by atoms with E-state index in [1.54, 1.807) is 12.3 Å². The van der Waals surface area contributed by atoms with Gasteiger partial charge in [0.1, 0.15) is 0 Å². The van der Waals surface area contributed by atoms with Crippen LogP contribution in [0.15, 0.2) is 29.4 Å². The van der Waals surface area contributed by atoms with Crippen molar-refractivity contribution in [2.75, 3.05) is 0 Å². The Bertz CT molecular complexity index is 779. The number of carbonyl (C=O) groups excluding carboxylic acids is 1. The van der Waals surface area contributed by atoms with Crippen molar-refractivity contribution in [3.05, 3.63) is 51.3 Å². The highest BCUT2D eigenvalue weighted by molar-refractivity contribution is 6.43. The van der Waals surface area contributed by atoms with Crippen LogP contribution in [0.1, 0.15) is 37.2 Å². The van der Waals surface area contributed by atoms with E-state index in [0.29, 0.717) is 22.4 Å². The van der Waals surface area contributed by atoms with Crippen molar-refractivity contribution < 1.29 is 4.79 Å². The van der Waals surface area contributed by atoms with Crippen LogP contribution < -0.4 is 5.43 Å². The average molecular weight is 366 g/mol. The smallest absolute Gasteiger partial charge is 0.240 e. The molecule has 0 aliphatic rings. The van der Waals surface area contributed by atoms with Crippen molar-refractivity contribution in [3.63, 3.8) is 0 Å². The van der Waals surface area contributed by atoms with Crippen molar-refractivity contribution in [2.45, 2.75) is 34.1 Å². The molecular formula is C18H21Cl2N3O. The molecule has 128 valence electrons. The zero-order valence-electron chi connectivity index (χ0n) is 14.2. The van der Waals surface area contributed by atoms with E-state index in [4.69, 9.17) is 23.2 Å². The van der Waals surface area contributed by atoms with Gasteiger partial charge in [-0.1, -0.05) is 43.1 Å². The summed E-state index contributed by atoms with van der Waals surface area (Å²) in [6, 6.07) is 7.53. The fourth-order valence-electron chi connectivity index (χ4n) is 2.54. The second-order valence-corrected chi connectivity index (χ2v) is 6.91. The summed E-state index contributed by atoms with van der Waals surface area (Å²) < 4.78 is 2.02. The largest absolute Gasteiger partial charge is 0.316 e. The highest BCUT2D eigenvalue weighted by Crippen LogP contribution is 2.31. The van der Waals surface area contributed by atoms with Crippen LogP contribution in [0.4, 0.5) is 0 Å². The molecule has 4 nitrogen and oxygen atoms in total. The molecule has 0 aliphatic carbocycles. The Morgan fingerprint density at radius 1 is 1.33 bits per heavy atom. The third-order valence-electron chi connectivity index (χ3n) is 3.63. The monoisotopic (exact) mass is 365 g/mol. The summed E-state index contributed by atoms with van der Waals surface area (Å²) in [5.41, 5.74) is 6.26. The minimum atomic E-state index is -0.0899. The van der Waals surface area contributed by atoms with Gasteiger partial charge in [0, 0.05) is 23.4 Å². The van der Waals surface area contributed by atoms with Gasteiger partial charge in [0.2, 0.25) is 5.91 Å². The summed E-state index contributed by atoms with van der Waals surface area (Å²) >= 11 is 12.4. The van der Waals surface area contributed by atoms with Crippen LogP contribution >= 0.6 is 23.2 Å². The van der Waals surface area contributed by atoms with Crippen LogP contribution in [0.3, 0.4) is 0 Å². The van der Waals surface area contributed by atoms with Gasteiger partial charge in [-0.3, -0.25) is 4.79 Å². The Morgan fingerprint density at radius 3 is 2.71 bits per heavy atom. The molecule has 0 unspecified atom stereocenters. The quantitative estimate of drug-likeness (QED) is 0.594. The lowest BCUT2D eigenvalue weighted by Gasteiger charge is -2.12. The first-order valence-corrected chi connectivity index (χ1v) is 8.52. The summed E-state index contributed by atoms with van der Waals surface area (Å²) in [6.07, 6.45) is 2.10. The highest BCUT2D eigenvalue weighted by atomic mass is 35.5. The van der Waals surface area contributed by atoms with Crippen LogP contribution in [-0.2, 0) is 4.79 Å². The lowest BCUT2D eigenvalue weighted by Crippen LogP contribution is -2.19. The molecule has 1 aromatic heterocycles. The third-order valence-corrected chi connectivity index (χ3v) is 4.44. The number of carbonyl (C=O) groups is 1. The molecule has 1 heterocycles. The zero-order valence-corrected chi connectivity index (χ0v) is 15.7. The number of hydrogen-bond donors (Lipinski definition) is 1. The topological polar surface area (TPSA) is 46.4 Å². The van der Waals surface area contributed by atoms with E-state index >= 15 is 0 Å². The number of hydrogen-bond acceptors (Lipinski definition) is 2. The average Bonchev–Trinajstić information content (AvgIpc) is 2.76. The maximum absolute atomic E-state index is 11.6. The fourth-order valence-corrected chi connectivity index (χ4v) is 2.92. The lowest BCUT2D eigenvalue weighted by atomic mass is 10.1. The fraction of sp³-hybridized carbons (Fsp3) is 0.333. The van der Waals surface area contributed by atoms with Crippen LogP contribution in [0.2, 0.25) is 10.0 Å². The second-order valence-electron chi connectivity index (χ2n) is 6.13. The van der Waals surface area contributed by atoms with Gasteiger partial charge in [0.25, 0.3) is 0 Å². The van der Waals surface area contributed by atoms with Crippen molar-refractivity contribution in [1.29, 1.82) is 0 Å². The van der Waals surface area contributed by atoms with Gasteiger partial charge < -0.3 is 4.57 Å². The molecule has 0 radical (unpaired) electrons. The number of aryl methyl sites for hydroxylation is 1. The Morgan fingerprint density at radius 2 is 2.04 bits per heavy atom. The minimum Gasteiger partial charge on any atom is -0.316 e. The second kappa shape index (κ2) is 7.86. The molecule has 0 fully saturated rings. The Labute approximate surface area is 152 Å². The first kappa shape index (κ1) is 18.6. The molecule has 24 heavy (non-hydrogen) atoms. The lowest BCUT2D eigenvalue weighted by molar-refractivity contribution is -0.121. The Kier molecular flexibility index (Phi) is 6.08. The predicted octanol–water partition coefficient (Wildman–Crippen LogP) is 4.90. The summed E-state index contributed by atoms with van der Waals surface area (Å²) in [5.74, 6) is 0.211. The number of amides is 1. The van der Waals surface area contributed by atoms with Crippen LogP contribution in [0.5, 0.6) is 0 Å². The molecule has 0 bridgehead atoms. The van der Waals surface area contributed by atoms with Crippen molar-refractivity contribution >= 4 is 35.3 Å². The summed E-state index contributed by atoms with van der Waals surface area (Å²) in [7, 11) is 0. The number of benzene rings is 1. The number of rotatable bonds is 5. The molecule has 0 saturated carbocycles. The van der Waals surface area contributed by atoms with Gasteiger partial charge in [-0.15, -0.1) is 0 Å². The number of aromatic nitrogens is 1. The van der Waals surface area contributed by atoms with Gasteiger partial charge in [0.15, 0.2) is 0 Å². The van der Waals surface area contributed by atoms with Crippen LogP contribution in [-0.4, -0.2) is 16.7 Å². The molecule has 2 rings (SSSR count). The molecule has 1 amide bonds. The van der Waals surface area contributed by atoms with Crippen molar-refractivity contribution in [2.24, 2.45) is 11.0 Å². The molecule has 0 atom stereocenters. The summed E-state index contributed by atoms with van der Waals surface area (Å²) in [5, 5.41) is 5.07. The number of nitrogens with one attached hydrogen (secondary N) is 1. The van der Waals surface area contributed by atoms with Gasteiger partial charge in [0.05, 0.1) is 21.9 Å². The van der Waals surface area contributed by atoms with E-state index in [0.717, 1.165) is 22.6 Å². The number of hydrazone groups is 1. The SMILES string of the molecule is Cc1cc(/C=N\NC(=O)CC(C)C)c(C)n1-c1cccc(Cl)c1Cl. The zero-order chi connectivity index (χ0) is 17.9. The maximum atomic E-state index is 11.6. The minimum absolute atomic E-state index is 0.0899. The van der Waals surface area contributed by atoms with Crippen LogP contribution in [0.25, 0.3) is 5.69 Å². The van der Waals surface area contributed by atoms with E-state index in [1.807, 2.05) is 50.5 Å². The van der Waals surface area contributed by atoms with Crippen LogP contribution in [0, 0.1) is 19.8 Å². The summed E-state index contributed by atoms with van der Waals surface area (Å²) in [4.78, 5) is 11.6. The Hall–Kier alpha value is -1.78. The standard InChI is InChI=1S/C18H21Cl2N3O/c1-11(2)8-17(24)22-21-10-14-9-12(3)23(13(14)4)16-7-5-6-15(19)18(16)20/h5-7,9-11H,8H2,1-4H3,(H,22,24)/b21-10-. The summed E-state index contributed by atoms with van der Waals surface area (Å²) in [6.45, 7) is 7.94. The molecule has 6 heteroatoms. The molecule has 0 saturated heterocycles. The maximum Gasteiger partial charge on any atom is 0.240 e. The molecule has 1 N–H and O–H groups in total. The molecule has 2 aromatic rings. The van der Waals surface area contributed by atoms with Gasteiger partial charge in [-0.25, -0.2) is 5.43 Å². The first-order valence-electron chi connectivity index (χ1n) is 7.76. The van der Waals surface area contributed by atoms with Crippen molar-refractivity contribution in [3.8, 4) is 5.69 Å². The van der Waals surface area contributed by atoms with E-state index in [9.17, 15) is 4.79 Å². The number of nitrogens with zero attached hydrogens (tertiary/aromatic N) is 2. The molecular weight excluding hydrogens is 345 g/mol. The van der Waals surface area contributed by atoms with E-state index < -0.39 is 0 Å². The van der Waals surface area contributed by atoms with E-state index in [2.05, 4.69) is 10.5 Å². The molecule has 0 spiro atoms. The predicted molar refractivity (Wildman–Crippen MR) is 100 cm³/mol. The van der Waals surface area contributed by atoms with Gasteiger partial charge in [-0.05, 0) is 38.0 Å². The van der Waals surface area contributed by atoms with Gasteiger partial charge in [-0.2, -0.15) is 5.10 Å². The van der Waals surface area contributed by atoms with E-state index in [1.165, 1.54) is 0 Å². The first-order chi connectivity index (χ1) is 11.3. The highest BCUT2D eigenvalue weighted by Gasteiger charge is 2.13. The van der Waals surface area contributed by atoms with Crippen molar-refractivity contribution in [1.82, 2.24) is 9.99 Å². The third kappa shape index (κ3) is 4.19. The van der Waals surface area contributed by atoms with Gasteiger partial charge >= 0.3 is 0 Å². The molecule has 0 aliphatic heterocycles. The van der Waals surface area contributed by atoms with E-state index in [-0.39, 0.29) is 5.91 Å². The normalized spacial score (nSPS) is 11.5. The number of halogens is 2. The molecule has 1 aromatic carbocycles. The Balaban J connectivity index is 2.26.